The standard InChI is InChI=1S/C18H19NO4/c1-12(2)11-23-16-10-6-4-8-14(16)17(20)19-15-9-5-3-7-13(15)18(21)22/h3-10,12H,11H2,1-2H3,(H,19,20)(H,21,22). The van der Waals surface area contributed by atoms with Gasteiger partial charge < -0.3 is 15.2 Å². The Labute approximate surface area is 134 Å². The third kappa shape index (κ3) is 4.32. The highest BCUT2D eigenvalue weighted by atomic mass is 16.5. The predicted octanol–water partition coefficient (Wildman–Crippen LogP) is 3.67. The largest absolute Gasteiger partial charge is 0.492 e. The number of amides is 1. The van der Waals surface area contributed by atoms with Crippen LogP contribution in [-0.4, -0.2) is 23.6 Å². The van der Waals surface area contributed by atoms with Crippen LogP contribution in [0.4, 0.5) is 5.69 Å². The number of hydrogen-bond donors (Lipinski definition) is 2. The number of anilines is 1. The van der Waals surface area contributed by atoms with Crippen LogP contribution in [0.15, 0.2) is 48.5 Å². The van der Waals surface area contributed by atoms with Gasteiger partial charge in [0.05, 0.1) is 23.4 Å². The van der Waals surface area contributed by atoms with Gasteiger partial charge in [-0.3, -0.25) is 4.79 Å². The van der Waals surface area contributed by atoms with Crippen LogP contribution in [-0.2, 0) is 0 Å². The monoisotopic (exact) mass is 313 g/mol. The highest BCUT2D eigenvalue weighted by Gasteiger charge is 2.16. The molecule has 2 rings (SSSR count). The molecule has 0 heterocycles. The first-order chi connectivity index (χ1) is 11.0. The third-order valence-corrected chi connectivity index (χ3v) is 3.11. The molecule has 0 radical (unpaired) electrons. The molecule has 5 nitrogen and oxygen atoms in total. The van der Waals surface area contributed by atoms with Crippen molar-refractivity contribution in [2.75, 3.05) is 11.9 Å². The van der Waals surface area contributed by atoms with E-state index in [9.17, 15) is 14.7 Å². The highest BCUT2D eigenvalue weighted by molar-refractivity contribution is 6.09. The zero-order chi connectivity index (χ0) is 16.8. The molecule has 1 amide bonds. The molecule has 5 heteroatoms. The summed E-state index contributed by atoms with van der Waals surface area (Å²) in [6.45, 7) is 4.54. The summed E-state index contributed by atoms with van der Waals surface area (Å²) in [5, 5.41) is 11.8. The van der Waals surface area contributed by atoms with Gasteiger partial charge in [0, 0.05) is 0 Å². The molecule has 0 aliphatic rings. The average molecular weight is 313 g/mol. The SMILES string of the molecule is CC(C)COc1ccccc1C(=O)Nc1ccccc1C(=O)O. The second kappa shape index (κ2) is 7.45. The van der Waals surface area contributed by atoms with Crippen molar-refractivity contribution in [2.45, 2.75) is 13.8 Å². The van der Waals surface area contributed by atoms with Gasteiger partial charge in [-0.2, -0.15) is 0 Å². The molecule has 120 valence electrons. The van der Waals surface area contributed by atoms with Gasteiger partial charge in [-0.1, -0.05) is 38.1 Å². The number of aromatic carboxylic acids is 1. The number of carbonyl (C=O) groups is 2. The second-order valence-corrected chi connectivity index (χ2v) is 5.51. The van der Waals surface area contributed by atoms with Gasteiger partial charge in [0.2, 0.25) is 0 Å². The molecular weight excluding hydrogens is 294 g/mol. The minimum absolute atomic E-state index is 0.0430. The summed E-state index contributed by atoms with van der Waals surface area (Å²) in [5.74, 6) is -0.686. The Balaban J connectivity index is 2.23. The number of rotatable bonds is 6. The van der Waals surface area contributed by atoms with Crippen LogP contribution in [0, 0.1) is 5.92 Å². The van der Waals surface area contributed by atoms with E-state index in [1.807, 2.05) is 13.8 Å². The number of carboxylic acid groups (broad SMARTS) is 1. The van der Waals surface area contributed by atoms with Gasteiger partial charge in [-0.25, -0.2) is 4.79 Å². The molecule has 0 unspecified atom stereocenters. The third-order valence-electron chi connectivity index (χ3n) is 3.11. The maximum Gasteiger partial charge on any atom is 0.337 e. The minimum Gasteiger partial charge on any atom is -0.492 e. The average Bonchev–Trinajstić information content (AvgIpc) is 2.53. The fourth-order valence-corrected chi connectivity index (χ4v) is 2.00. The van der Waals surface area contributed by atoms with E-state index in [0.717, 1.165) is 0 Å². The Bertz CT molecular complexity index is 710. The van der Waals surface area contributed by atoms with Crippen molar-refractivity contribution in [3.8, 4) is 5.75 Å². The summed E-state index contributed by atoms with van der Waals surface area (Å²) in [7, 11) is 0. The van der Waals surface area contributed by atoms with E-state index in [2.05, 4.69) is 5.32 Å². The van der Waals surface area contributed by atoms with Crippen LogP contribution in [0.25, 0.3) is 0 Å². The number of ether oxygens (including phenoxy) is 1. The number of carbonyl (C=O) groups excluding carboxylic acids is 1. The fourth-order valence-electron chi connectivity index (χ4n) is 2.00. The van der Waals surface area contributed by atoms with Crippen molar-refractivity contribution in [1.29, 1.82) is 0 Å². The second-order valence-electron chi connectivity index (χ2n) is 5.51. The maximum atomic E-state index is 12.5. The van der Waals surface area contributed by atoms with Crippen molar-refractivity contribution in [3.63, 3.8) is 0 Å². The van der Waals surface area contributed by atoms with Gasteiger partial charge in [-0.05, 0) is 30.2 Å². The summed E-state index contributed by atoms with van der Waals surface area (Å²) in [4.78, 5) is 23.7. The maximum absolute atomic E-state index is 12.5. The number of para-hydroxylation sites is 2. The molecule has 0 fully saturated rings. The topological polar surface area (TPSA) is 75.6 Å². The van der Waals surface area contributed by atoms with Gasteiger partial charge in [0.1, 0.15) is 5.75 Å². The molecule has 23 heavy (non-hydrogen) atoms. The Hall–Kier alpha value is -2.82. The summed E-state index contributed by atoms with van der Waals surface area (Å²) in [6.07, 6.45) is 0. The van der Waals surface area contributed by atoms with Crippen molar-refractivity contribution in [2.24, 2.45) is 5.92 Å². The van der Waals surface area contributed by atoms with Crippen LogP contribution >= 0.6 is 0 Å². The normalized spacial score (nSPS) is 10.4. The lowest BCUT2D eigenvalue weighted by molar-refractivity contribution is 0.0698. The summed E-state index contributed by atoms with van der Waals surface area (Å²) < 4.78 is 5.66. The van der Waals surface area contributed by atoms with E-state index >= 15 is 0 Å². The quantitative estimate of drug-likeness (QED) is 0.853. The molecule has 2 aromatic rings. The lowest BCUT2D eigenvalue weighted by atomic mass is 10.1. The molecule has 2 N–H and O–H groups in total. The molecule has 0 bridgehead atoms. The van der Waals surface area contributed by atoms with Gasteiger partial charge in [-0.15, -0.1) is 0 Å². The first-order valence-electron chi connectivity index (χ1n) is 7.34. The highest BCUT2D eigenvalue weighted by Crippen LogP contribution is 2.22. The van der Waals surface area contributed by atoms with Gasteiger partial charge >= 0.3 is 5.97 Å². The van der Waals surface area contributed by atoms with E-state index in [1.54, 1.807) is 42.5 Å². The molecule has 0 saturated heterocycles. The Morgan fingerprint density at radius 3 is 2.30 bits per heavy atom. The molecule has 0 aromatic heterocycles. The zero-order valence-corrected chi connectivity index (χ0v) is 13.1. The smallest absolute Gasteiger partial charge is 0.337 e. The molecule has 0 spiro atoms. The van der Waals surface area contributed by atoms with Gasteiger partial charge in [0.15, 0.2) is 0 Å². The van der Waals surface area contributed by atoms with Crippen molar-refractivity contribution >= 4 is 17.6 Å². The first-order valence-corrected chi connectivity index (χ1v) is 7.34. The van der Waals surface area contributed by atoms with E-state index in [1.165, 1.54) is 6.07 Å². The lowest BCUT2D eigenvalue weighted by Gasteiger charge is -2.13. The fraction of sp³-hybridized carbons (Fsp3) is 0.222. The Kier molecular flexibility index (Phi) is 5.36. The van der Waals surface area contributed by atoms with Crippen molar-refractivity contribution in [1.82, 2.24) is 0 Å². The summed E-state index contributed by atoms with van der Waals surface area (Å²) in [5.41, 5.74) is 0.665. The molecule has 0 atom stereocenters. The Morgan fingerprint density at radius 1 is 1.04 bits per heavy atom. The zero-order valence-electron chi connectivity index (χ0n) is 13.1. The first kappa shape index (κ1) is 16.5. The number of nitrogens with one attached hydrogen (secondary N) is 1. The number of hydrogen-bond acceptors (Lipinski definition) is 3. The molecule has 0 aliphatic heterocycles. The van der Waals surface area contributed by atoms with E-state index < -0.39 is 11.9 Å². The minimum atomic E-state index is -1.09. The van der Waals surface area contributed by atoms with Crippen LogP contribution in [0.1, 0.15) is 34.6 Å². The molecular formula is C18H19NO4. The van der Waals surface area contributed by atoms with Crippen LogP contribution in [0.3, 0.4) is 0 Å². The van der Waals surface area contributed by atoms with Crippen molar-refractivity contribution < 1.29 is 19.4 Å². The lowest BCUT2D eigenvalue weighted by Crippen LogP contribution is -2.16. The molecule has 0 aliphatic carbocycles. The van der Waals surface area contributed by atoms with Gasteiger partial charge in [0.25, 0.3) is 5.91 Å². The van der Waals surface area contributed by atoms with E-state index in [-0.39, 0.29) is 11.3 Å². The summed E-state index contributed by atoms with van der Waals surface area (Å²) in [6, 6.07) is 13.2. The summed E-state index contributed by atoms with van der Waals surface area (Å²) >= 11 is 0. The number of carboxylic acids is 1. The van der Waals surface area contributed by atoms with Crippen LogP contribution < -0.4 is 10.1 Å². The number of benzene rings is 2. The molecule has 2 aromatic carbocycles. The van der Waals surface area contributed by atoms with E-state index in [0.29, 0.717) is 23.8 Å². The van der Waals surface area contributed by atoms with Crippen LogP contribution in [0.5, 0.6) is 5.75 Å². The van der Waals surface area contributed by atoms with Crippen molar-refractivity contribution in [3.05, 3.63) is 59.7 Å². The Morgan fingerprint density at radius 2 is 1.65 bits per heavy atom. The van der Waals surface area contributed by atoms with Crippen LogP contribution in [0.2, 0.25) is 0 Å². The predicted molar refractivity (Wildman–Crippen MR) is 88.1 cm³/mol. The van der Waals surface area contributed by atoms with E-state index in [4.69, 9.17) is 4.74 Å². The molecule has 0 saturated carbocycles.